The minimum Gasteiger partial charge on any atom is -0.464 e. The minimum atomic E-state index is -2.17. The standard InChI is InChI=1S/C16H25NO5.BH3O3/c1-6-22-14(19)11(2)17-10-12(7-8-13(17)18)9-16(5,21)15(3,4)20;2-1(3)4/h7-8,10-11,20-21H,6,9H2,1-5H3;2-4H. The third-order valence-corrected chi connectivity index (χ3v) is 3.91. The van der Waals surface area contributed by atoms with E-state index in [0.29, 0.717) is 5.56 Å². The summed E-state index contributed by atoms with van der Waals surface area (Å²) in [6, 6.07) is 2.17. The fraction of sp³-hybridized carbons (Fsp3) is 0.625. The van der Waals surface area contributed by atoms with Crippen LogP contribution >= 0.6 is 0 Å². The van der Waals surface area contributed by atoms with Crippen LogP contribution in [0.15, 0.2) is 23.1 Å². The second-order valence-corrected chi connectivity index (χ2v) is 6.57. The average Bonchev–Trinajstić information content (AvgIpc) is 2.46. The molecule has 1 aromatic rings. The van der Waals surface area contributed by atoms with Crippen molar-refractivity contribution in [2.24, 2.45) is 0 Å². The van der Waals surface area contributed by atoms with E-state index in [-0.39, 0.29) is 18.6 Å². The number of aromatic nitrogens is 1. The number of carbonyl (C=O) groups excluding carboxylic acids is 1. The van der Waals surface area contributed by atoms with Crippen molar-refractivity contribution >= 4 is 13.3 Å². The number of hydrogen-bond donors (Lipinski definition) is 5. The van der Waals surface area contributed by atoms with Crippen LogP contribution in [0.3, 0.4) is 0 Å². The van der Waals surface area contributed by atoms with Gasteiger partial charge in [-0.3, -0.25) is 4.79 Å². The molecule has 5 N–H and O–H groups in total. The lowest BCUT2D eigenvalue weighted by molar-refractivity contribution is -0.146. The minimum absolute atomic E-state index is 0.145. The van der Waals surface area contributed by atoms with Crippen molar-refractivity contribution in [1.29, 1.82) is 0 Å². The van der Waals surface area contributed by atoms with Gasteiger partial charge in [0.25, 0.3) is 5.56 Å². The summed E-state index contributed by atoms with van der Waals surface area (Å²) < 4.78 is 6.19. The van der Waals surface area contributed by atoms with E-state index in [1.54, 1.807) is 19.9 Å². The van der Waals surface area contributed by atoms with Crippen LogP contribution in [0, 0.1) is 0 Å². The Kier molecular flexibility index (Phi) is 9.19. The van der Waals surface area contributed by atoms with Crippen molar-refractivity contribution in [1.82, 2.24) is 4.57 Å². The fourth-order valence-corrected chi connectivity index (χ4v) is 1.95. The highest BCUT2D eigenvalue weighted by Gasteiger charge is 2.37. The number of carbonyl (C=O) groups is 1. The molecule has 0 aliphatic rings. The molecule has 1 heterocycles. The molecule has 0 saturated carbocycles. The molecule has 0 bridgehead atoms. The maximum atomic E-state index is 11.9. The van der Waals surface area contributed by atoms with Crippen molar-refractivity contribution in [2.75, 3.05) is 6.61 Å². The molecule has 10 heteroatoms. The van der Waals surface area contributed by atoms with Crippen molar-refractivity contribution in [3.8, 4) is 0 Å². The normalized spacial score (nSPS) is 14.5. The Labute approximate surface area is 152 Å². The summed E-state index contributed by atoms with van der Waals surface area (Å²) in [6.07, 6.45) is 1.66. The number of nitrogens with zero attached hydrogens (tertiary/aromatic N) is 1. The van der Waals surface area contributed by atoms with Crippen LogP contribution in [-0.4, -0.2) is 61.0 Å². The number of ether oxygens (including phenoxy) is 1. The van der Waals surface area contributed by atoms with E-state index in [2.05, 4.69) is 0 Å². The summed E-state index contributed by atoms with van der Waals surface area (Å²) in [5, 5.41) is 41.9. The summed E-state index contributed by atoms with van der Waals surface area (Å²) in [6.45, 7) is 8.08. The summed E-state index contributed by atoms with van der Waals surface area (Å²) in [4.78, 5) is 23.7. The molecule has 1 aromatic heterocycles. The molecule has 0 aliphatic carbocycles. The zero-order valence-corrected chi connectivity index (χ0v) is 15.7. The van der Waals surface area contributed by atoms with Crippen LogP contribution in [-0.2, 0) is 16.0 Å². The third kappa shape index (κ3) is 7.67. The molecule has 0 radical (unpaired) electrons. The van der Waals surface area contributed by atoms with Gasteiger partial charge < -0.3 is 34.6 Å². The molecule has 148 valence electrons. The lowest BCUT2D eigenvalue weighted by Crippen LogP contribution is -2.49. The molecule has 0 fully saturated rings. The number of pyridine rings is 1. The molecule has 0 aliphatic heterocycles. The highest BCUT2D eigenvalue weighted by molar-refractivity contribution is 6.30. The van der Waals surface area contributed by atoms with E-state index < -0.39 is 30.5 Å². The zero-order valence-electron chi connectivity index (χ0n) is 15.7. The first kappa shape index (κ1) is 24.3. The van der Waals surface area contributed by atoms with Crippen LogP contribution in [0.1, 0.15) is 46.2 Å². The molecular formula is C16H28BNO8. The number of esters is 1. The lowest BCUT2D eigenvalue weighted by Gasteiger charge is -2.35. The first-order valence-electron chi connectivity index (χ1n) is 8.09. The van der Waals surface area contributed by atoms with Crippen LogP contribution in [0.2, 0.25) is 0 Å². The molecule has 1 rings (SSSR count). The lowest BCUT2D eigenvalue weighted by atomic mass is 9.83. The smallest absolute Gasteiger partial charge is 0.464 e. The van der Waals surface area contributed by atoms with Gasteiger partial charge in [0.2, 0.25) is 0 Å². The molecule has 2 unspecified atom stereocenters. The molecule has 2 atom stereocenters. The predicted octanol–water partition coefficient (Wildman–Crippen LogP) is -1.01. The van der Waals surface area contributed by atoms with Gasteiger partial charge >= 0.3 is 13.3 Å². The van der Waals surface area contributed by atoms with E-state index in [9.17, 15) is 19.8 Å². The summed E-state index contributed by atoms with van der Waals surface area (Å²) in [5.74, 6) is -0.490. The van der Waals surface area contributed by atoms with Gasteiger partial charge in [-0.15, -0.1) is 0 Å². The Morgan fingerprint density at radius 3 is 2.15 bits per heavy atom. The number of hydrogen-bond acceptors (Lipinski definition) is 8. The molecule has 0 spiro atoms. The first-order chi connectivity index (χ1) is 11.7. The van der Waals surface area contributed by atoms with Crippen molar-refractivity contribution in [3.63, 3.8) is 0 Å². The molecule has 0 saturated heterocycles. The molecule has 9 nitrogen and oxygen atoms in total. The maximum Gasteiger partial charge on any atom is 0.631 e. The van der Waals surface area contributed by atoms with E-state index in [4.69, 9.17) is 19.8 Å². The van der Waals surface area contributed by atoms with Crippen molar-refractivity contribution in [3.05, 3.63) is 34.2 Å². The van der Waals surface area contributed by atoms with E-state index in [1.807, 2.05) is 0 Å². The summed E-state index contributed by atoms with van der Waals surface area (Å²) in [7, 11) is -2.17. The second kappa shape index (κ2) is 9.84. The average molecular weight is 373 g/mol. The van der Waals surface area contributed by atoms with E-state index in [0.717, 1.165) is 0 Å². The van der Waals surface area contributed by atoms with Gasteiger partial charge in [-0.2, -0.15) is 0 Å². The van der Waals surface area contributed by atoms with E-state index >= 15 is 0 Å². The van der Waals surface area contributed by atoms with Crippen LogP contribution in [0.5, 0.6) is 0 Å². The summed E-state index contributed by atoms with van der Waals surface area (Å²) >= 11 is 0. The number of rotatable bonds is 6. The Bertz CT molecular complexity index is 633. The Morgan fingerprint density at radius 1 is 1.23 bits per heavy atom. The second-order valence-electron chi connectivity index (χ2n) is 6.57. The quantitative estimate of drug-likeness (QED) is 0.314. The van der Waals surface area contributed by atoms with Crippen molar-refractivity contribution in [2.45, 2.75) is 58.3 Å². The number of aliphatic hydroxyl groups is 2. The topological polar surface area (TPSA) is 149 Å². The fourth-order valence-electron chi connectivity index (χ4n) is 1.95. The maximum absolute atomic E-state index is 11.9. The largest absolute Gasteiger partial charge is 0.631 e. The van der Waals surface area contributed by atoms with Crippen molar-refractivity contribution < 1.29 is 34.8 Å². The third-order valence-electron chi connectivity index (χ3n) is 3.91. The molecule has 0 amide bonds. The van der Waals surface area contributed by atoms with Gasteiger partial charge in [0.15, 0.2) is 0 Å². The van der Waals surface area contributed by atoms with Gasteiger partial charge in [-0.05, 0) is 40.2 Å². The predicted molar refractivity (Wildman–Crippen MR) is 95.1 cm³/mol. The van der Waals surface area contributed by atoms with Crippen LogP contribution < -0.4 is 5.56 Å². The van der Waals surface area contributed by atoms with Crippen LogP contribution in [0.25, 0.3) is 0 Å². The Hall–Kier alpha value is -1.72. The van der Waals surface area contributed by atoms with Gasteiger partial charge in [0.05, 0.1) is 17.8 Å². The summed E-state index contributed by atoms with van der Waals surface area (Å²) in [5.41, 5.74) is -2.36. The van der Waals surface area contributed by atoms with Gasteiger partial charge in [0.1, 0.15) is 6.04 Å². The molecule has 26 heavy (non-hydrogen) atoms. The Balaban J connectivity index is 0.00000141. The molecule has 0 aromatic carbocycles. The van der Waals surface area contributed by atoms with Gasteiger partial charge in [-0.25, -0.2) is 4.79 Å². The van der Waals surface area contributed by atoms with Gasteiger partial charge in [-0.1, -0.05) is 6.07 Å². The Morgan fingerprint density at radius 2 is 1.73 bits per heavy atom. The highest BCUT2D eigenvalue weighted by Crippen LogP contribution is 2.25. The zero-order chi connectivity index (χ0) is 20.7. The monoisotopic (exact) mass is 373 g/mol. The van der Waals surface area contributed by atoms with E-state index in [1.165, 1.54) is 37.6 Å². The van der Waals surface area contributed by atoms with Gasteiger partial charge in [0, 0.05) is 18.7 Å². The molecular weight excluding hydrogens is 345 g/mol. The first-order valence-corrected chi connectivity index (χ1v) is 8.09. The SMILES string of the molecule is CCOC(=O)C(C)n1cc(CC(C)(O)C(C)(C)O)ccc1=O.OB(O)O. The highest BCUT2D eigenvalue weighted by atomic mass is 16.5. The van der Waals surface area contributed by atoms with Crippen LogP contribution in [0.4, 0.5) is 0 Å².